The predicted molar refractivity (Wildman–Crippen MR) is 75.1 cm³/mol. The molecular formula is C11H17N5S. The maximum atomic E-state index is 5.22. The summed E-state index contributed by atoms with van der Waals surface area (Å²) in [6.45, 7) is 3.13. The van der Waals surface area contributed by atoms with E-state index in [1.807, 2.05) is 12.1 Å². The van der Waals surface area contributed by atoms with Gasteiger partial charge in [0.05, 0.1) is 23.8 Å². The van der Waals surface area contributed by atoms with Gasteiger partial charge in [0.25, 0.3) is 0 Å². The van der Waals surface area contributed by atoms with Gasteiger partial charge in [0, 0.05) is 6.54 Å². The second-order valence-corrected chi connectivity index (χ2v) is 3.93. The zero-order valence-corrected chi connectivity index (χ0v) is 10.6. The van der Waals surface area contributed by atoms with E-state index in [9.17, 15) is 0 Å². The SMILES string of the molecule is CCCCNc1ccc(/C=N/NC(N)=S)nc1. The van der Waals surface area contributed by atoms with E-state index in [4.69, 9.17) is 5.73 Å². The van der Waals surface area contributed by atoms with Gasteiger partial charge in [-0.1, -0.05) is 13.3 Å². The van der Waals surface area contributed by atoms with Gasteiger partial charge in [-0.2, -0.15) is 5.10 Å². The molecule has 0 aliphatic carbocycles. The van der Waals surface area contributed by atoms with Crippen molar-refractivity contribution in [3.05, 3.63) is 24.0 Å². The van der Waals surface area contributed by atoms with Crippen molar-refractivity contribution in [1.29, 1.82) is 0 Å². The molecule has 92 valence electrons. The minimum absolute atomic E-state index is 0.138. The fraction of sp³-hybridized carbons (Fsp3) is 0.364. The van der Waals surface area contributed by atoms with Gasteiger partial charge in [0.1, 0.15) is 0 Å². The van der Waals surface area contributed by atoms with E-state index in [1.165, 1.54) is 6.42 Å². The topological polar surface area (TPSA) is 75.3 Å². The molecule has 0 fully saturated rings. The maximum Gasteiger partial charge on any atom is 0.184 e. The van der Waals surface area contributed by atoms with E-state index in [1.54, 1.807) is 12.4 Å². The van der Waals surface area contributed by atoms with Crippen molar-refractivity contribution >= 4 is 29.2 Å². The lowest BCUT2D eigenvalue weighted by atomic mass is 10.3. The van der Waals surface area contributed by atoms with E-state index in [-0.39, 0.29) is 5.11 Å². The molecule has 1 aromatic heterocycles. The Kier molecular flexibility index (Phi) is 5.95. The summed E-state index contributed by atoms with van der Waals surface area (Å²) >= 11 is 4.61. The summed E-state index contributed by atoms with van der Waals surface area (Å²) in [5.41, 5.74) is 9.46. The molecule has 5 nitrogen and oxygen atoms in total. The lowest BCUT2D eigenvalue weighted by Crippen LogP contribution is -2.24. The van der Waals surface area contributed by atoms with Crippen molar-refractivity contribution in [3.8, 4) is 0 Å². The number of hydrazone groups is 1. The number of anilines is 1. The smallest absolute Gasteiger partial charge is 0.184 e. The Labute approximate surface area is 107 Å². The molecule has 0 spiro atoms. The molecule has 0 radical (unpaired) electrons. The molecule has 1 aromatic rings. The summed E-state index contributed by atoms with van der Waals surface area (Å²) in [5, 5.41) is 7.24. The minimum atomic E-state index is 0.138. The van der Waals surface area contributed by atoms with Gasteiger partial charge < -0.3 is 11.1 Å². The van der Waals surface area contributed by atoms with Crippen LogP contribution in [-0.4, -0.2) is 22.9 Å². The number of hydrogen-bond donors (Lipinski definition) is 3. The van der Waals surface area contributed by atoms with Crippen molar-refractivity contribution in [2.24, 2.45) is 10.8 Å². The Hall–Kier alpha value is -1.69. The van der Waals surface area contributed by atoms with Gasteiger partial charge in [-0.3, -0.25) is 10.4 Å². The number of nitrogens with one attached hydrogen (secondary N) is 2. The van der Waals surface area contributed by atoms with Crippen molar-refractivity contribution in [3.63, 3.8) is 0 Å². The molecule has 0 aliphatic rings. The molecule has 17 heavy (non-hydrogen) atoms. The molecule has 0 atom stereocenters. The van der Waals surface area contributed by atoms with Crippen LogP contribution in [0.5, 0.6) is 0 Å². The minimum Gasteiger partial charge on any atom is -0.384 e. The third-order valence-corrected chi connectivity index (χ3v) is 2.11. The van der Waals surface area contributed by atoms with Crippen molar-refractivity contribution in [2.75, 3.05) is 11.9 Å². The van der Waals surface area contributed by atoms with E-state index < -0.39 is 0 Å². The first-order valence-electron chi connectivity index (χ1n) is 5.51. The van der Waals surface area contributed by atoms with Gasteiger partial charge in [0.15, 0.2) is 5.11 Å². The summed E-state index contributed by atoms with van der Waals surface area (Å²) in [7, 11) is 0. The lowest BCUT2D eigenvalue weighted by Gasteiger charge is -2.04. The molecule has 0 bridgehead atoms. The van der Waals surface area contributed by atoms with E-state index >= 15 is 0 Å². The van der Waals surface area contributed by atoms with Crippen LogP contribution in [0, 0.1) is 0 Å². The second kappa shape index (κ2) is 7.56. The van der Waals surface area contributed by atoms with E-state index in [2.05, 4.69) is 40.0 Å². The monoisotopic (exact) mass is 251 g/mol. The number of hydrogen-bond acceptors (Lipinski definition) is 4. The molecule has 0 unspecified atom stereocenters. The Morgan fingerprint density at radius 1 is 1.59 bits per heavy atom. The highest BCUT2D eigenvalue weighted by Gasteiger charge is 1.93. The molecule has 0 aromatic carbocycles. The summed E-state index contributed by atoms with van der Waals surface area (Å²) in [5.74, 6) is 0. The zero-order valence-electron chi connectivity index (χ0n) is 9.81. The average Bonchev–Trinajstić information content (AvgIpc) is 2.31. The highest BCUT2D eigenvalue weighted by atomic mass is 32.1. The van der Waals surface area contributed by atoms with Crippen LogP contribution in [0.15, 0.2) is 23.4 Å². The Bertz CT molecular complexity index is 374. The molecule has 4 N–H and O–H groups in total. The van der Waals surface area contributed by atoms with Crippen LogP contribution < -0.4 is 16.5 Å². The van der Waals surface area contributed by atoms with Crippen molar-refractivity contribution in [1.82, 2.24) is 10.4 Å². The van der Waals surface area contributed by atoms with Crippen LogP contribution in [0.4, 0.5) is 5.69 Å². The number of unbranched alkanes of at least 4 members (excludes halogenated alkanes) is 1. The van der Waals surface area contributed by atoms with E-state index in [0.717, 1.165) is 24.3 Å². The summed E-state index contributed by atoms with van der Waals surface area (Å²) in [4.78, 5) is 4.22. The van der Waals surface area contributed by atoms with Crippen LogP contribution in [0.3, 0.4) is 0 Å². The lowest BCUT2D eigenvalue weighted by molar-refractivity contribution is 0.834. The number of aromatic nitrogens is 1. The first-order chi connectivity index (χ1) is 8.22. The zero-order chi connectivity index (χ0) is 12.5. The summed E-state index contributed by atoms with van der Waals surface area (Å²) < 4.78 is 0. The number of rotatable bonds is 6. The third kappa shape index (κ3) is 5.82. The van der Waals surface area contributed by atoms with Crippen LogP contribution >= 0.6 is 12.2 Å². The van der Waals surface area contributed by atoms with Gasteiger partial charge in [0.2, 0.25) is 0 Å². The second-order valence-electron chi connectivity index (χ2n) is 3.49. The highest BCUT2D eigenvalue weighted by molar-refractivity contribution is 7.80. The van der Waals surface area contributed by atoms with Gasteiger partial charge >= 0.3 is 0 Å². The molecule has 0 aliphatic heterocycles. The van der Waals surface area contributed by atoms with Crippen LogP contribution in [0.25, 0.3) is 0 Å². The largest absolute Gasteiger partial charge is 0.384 e. The van der Waals surface area contributed by atoms with Crippen LogP contribution in [0.2, 0.25) is 0 Å². The number of pyridine rings is 1. The van der Waals surface area contributed by atoms with Crippen LogP contribution in [0.1, 0.15) is 25.5 Å². The Balaban J connectivity index is 2.44. The number of nitrogens with two attached hydrogens (primary N) is 1. The predicted octanol–water partition coefficient (Wildman–Crippen LogP) is 1.46. The molecule has 1 heterocycles. The van der Waals surface area contributed by atoms with Gasteiger partial charge in [-0.15, -0.1) is 0 Å². The maximum absolute atomic E-state index is 5.22. The summed E-state index contributed by atoms with van der Waals surface area (Å²) in [6.07, 6.45) is 5.67. The van der Waals surface area contributed by atoms with Crippen molar-refractivity contribution in [2.45, 2.75) is 19.8 Å². The fourth-order valence-corrected chi connectivity index (χ4v) is 1.21. The Morgan fingerprint density at radius 2 is 2.41 bits per heavy atom. The number of thiocarbonyl (C=S) groups is 1. The fourth-order valence-electron chi connectivity index (χ4n) is 1.16. The normalized spacial score (nSPS) is 10.4. The average molecular weight is 251 g/mol. The molecule has 0 amide bonds. The molecule has 1 rings (SSSR count). The van der Waals surface area contributed by atoms with Crippen molar-refractivity contribution < 1.29 is 0 Å². The van der Waals surface area contributed by atoms with Gasteiger partial charge in [-0.25, -0.2) is 0 Å². The quantitative estimate of drug-likeness (QED) is 0.309. The molecule has 0 saturated heterocycles. The summed E-state index contributed by atoms with van der Waals surface area (Å²) in [6, 6.07) is 3.84. The Morgan fingerprint density at radius 3 is 3.00 bits per heavy atom. The van der Waals surface area contributed by atoms with E-state index in [0.29, 0.717) is 0 Å². The third-order valence-electron chi connectivity index (χ3n) is 2.02. The number of nitrogens with zero attached hydrogens (tertiary/aromatic N) is 2. The first-order valence-corrected chi connectivity index (χ1v) is 5.91. The molecular weight excluding hydrogens is 234 g/mol. The molecule has 6 heteroatoms. The highest BCUT2D eigenvalue weighted by Crippen LogP contribution is 2.05. The standard InChI is InChI=1S/C11H17N5S/c1-2-3-6-13-9-4-5-10(14-7-9)8-15-16-11(12)17/h4-5,7-8,13H,2-3,6H2,1H3,(H3,12,16,17)/b15-8+. The molecule has 0 saturated carbocycles. The van der Waals surface area contributed by atoms with Gasteiger partial charge in [-0.05, 0) is 30.8 Å². The first kappa shape index (κ1) is 13.4. The van der Waals surface area contributed by atoms with Crippen LogP contribution in [-0.2, 0) is 0 Å².